The van der Waals surface area contributed by atoms with Gasteiger partial charge >= 0.3 is 0 Å². The molecule has 4 aromatic rings. The summed E-state index contributed by atoms with van der Waals surface area (Å²) in [5.74, 6) is -13.1. The molecule has 0 aliphatic heterocycles. The van der Waals surface area contributed by atoms with E-state index in [-0.39, 0.29) is 17.3 Å². The number of ether oxygens (including phenoxy) is 1. The summed E-state index contributed by atoms with van der Waals surface area (Å²) >= 11 is 12.0. The second-order valence-electron chi connectivity index (χ2n) is 7.04. The molecular formula is C22H12Cl2F5N3O3. The molecule has 0 saturated carbocycles. The molecule has 0 unspecified atom stereocenters. The van der Waals surface area contributed by atoms with Crippen molar-refractivity contribution in [1.82, 2.24) is 9.78 Å². The Morgan fingerprint density at radius 2 is 1.66 bits per heavy atom. The molecule has 4 rings (SSSR count). The van der Waals surface area contributed by atoms with E-state index >= 15 is 0 Å². The van der Waals surface area contributed by atoms with Gasteiger partial charge in [-0.05, 0) is 29.8 Å². The van der Waals surface area contributed by atoms with Gasteiger partial charge in [-0.1, -0.05) is 29.3 Å². The minimum absolute atomic E-state index is 0.109. The number of aromatic nitrogens is 2. The molecule has 0 aliphatic carbocycles. The van der Waals surface area contributed by atoms with Crippen molar-refractivity contribution in [3.8, 4) is 5.75 Å². The van der Waals surface area contributed by atoms with E-state index in [4.69, 9.17) is 32.4 Å². The third-order valence-corrected chi connectivity index (χ3v) is 5.23. The van der Waals surface area contributed by atoms with Gasteiger partial charge in [0.05, 0.1) is 6.54 Å². The van der Waals surface area contributed by atoms with Crippen LogP contribution in [0.1, 0.15) is 21.9 Å². The lowest BCUT2D eigenvalue weighted by molar-refractivity contribution is 0.0991. The molecule has 6 nitrogen and oxygen atoms in total. The van der Waals surface area contributed by atoms with Crippen molar-refractivity contribution in [3.63, 3.8) is 0 Å². The average molecular weight is 532 g/mol. The number of carbonyl (C=O) groups is 1. The summed E-state index contributed by atoms with van der Waals surface area (Å²) in [5, 5.41) is 7.64. The molecule has 0 radical (unpaired) electrons. The SMILES string of the molecule is O=C(Nc1ccn(Cc2ccc(Cl)cc2Cl)n1)c1ccc(COc2c(F)c(F)c(F)c(F)c2F)o1. The van der Waals surface area contributed by atoms with E-state index in [2.05, 4.69) is 10.4 Å². The van der Waals surface area contributed by atoms with E-state index < -0.39 is 47.3 Å². The van der Waals surface area contributed by atoms with Crippen molar-refractivity contribution in [3.05, 3.63) is 98.8 Å². The zero-order valence-corrected chi connectivity index (χ0v) is 18.7. The fourth-order valence-electron chi connectivity index (χ4n) is 2.95. The maximum atomic E-state index is 13.7. The quantitative estimate of drug-likeness (QED) is 0.171. The fourth-order valence-corrected chi connectivity index (χ4v) is 3.42. The smallest absolute Gasteiger partial charge is 0.292 e. The summed E-state index contributed by atoms with van der Waals surface area (Å²) in [6.07, 6.45) is 1.60. The van der Waals surface area contributed by atoms with Crippen molar-refractivity contribution in [1.29, 1.82) is 0 Å². The minimum atomic E-state index is -2.30. The molecule has 1 amide bonds. The number of rotatable bonds is 7. The second-order valence-corrected chi connectivity index (χ2v) is 7.89. The number of nitrogens with zero attached hydrogens (tertiary/aromatic N) is 2. The predicted octanol–water partition coefficient (Wildman–Crippen LogP) is 6.36. The average Bonchev–Trinajstić information content (AvgIpc) is 3.48. The van der Waals surface area contributed by atoms with Gasteiger partial charge in [0.1, 0.15) is 12.4 Å². The van der Waals surface area contributed by atoms with E-state index in [1.54, 1.807) is 24.4 Å². The van der Waals surface area contributed by atoms with Gasteiger partial charge in [0.15, 0.2) is 17.3 Å². The van der Waals surface area contributed by atoms with Gasteiger partial charge in [-0.3, -0.25) is 9.48 Å². The molecule has 182 valence electrons. The summed E-state index contributed by atoms with van der Waals surface area (Å²) in [7, 11) is 0. The third-order valence-electron chi connectivity index (χ3n) is 4.64. The minimum Gasteiger partial charge on any atom is -0.479 e. The van der Waals surface area contributed by atoms with E-state index in [0.29, 0.717) is 16.6 Å². The molecule has 0 saturated heterocycles. The van der Waals surface area contributed by atoms with Crippen LogP contribution in [-0.4, -0.2) is 15.7 Å². The van der Waals surface area contributed by atoms with E-state index in [1.807, 2.05) is 0 Å². The van der Waals surface area contributed by atoms with Crippen LogP contribution < -0.4 is 10.1 Å². The van der Waals surface area contributed by atoms with Gasteiger partial charge in [0, 0.05) is 22.3 Å². The number of halogens is 7. The first kappa shape index (κ1) is 24.6. The van der Waals surface area contributed by atoms with E-state index in [9.17, 15) is 26.7 Å². The Morgan fingerprint density at radius 1 is 0.971 bits per heavy atom. The van der Waals surface area contributed by atoms with Crippen molar-refractivity contribution in [2.75, 3.05) is 5.32 Å². The normalized spacial score (nSPS) is 11.1. The monoisotopic (exact) mass is 531 g/mol. The van der Waals surface area contributed by atoms with Crippen molar-refractivity contribution in [2.45, 2.75) is 13.2 Å². The first-order valence-corrected chi connectivity index (χ1v) is 10.4. The maximum Gasteiger partial charge on any atom is 0.292 e. The number of hydrogen-bond acceptors (Lipinski definition) is 4. The van der Waals surface area contributed by atoms with Gasteiger partial charge in [0.25, 0.3) is 5.91 Å². The molecule has 2 aromatic heterocycles. The van der Waals surface area contributed by atoms with Gasteiger partial charge < -0.3 is 14.5 Å². The van der Waals surface area contributed by atoms with Crippen LogP contribution in [0.5, 0.6) is 5.75 Å². The molecule has 2 aromatic carbocycles. The van der Waals surface area contributed by atoms with Gasteiger partial charge in [0.2, 0.25) is 29.1 Å². The van der Waals surface area contributed by atoms with Gasteiger partial charge in [-0.25, -0.2) is 13.2 Å². The Hall–Kier alpha value is -3.57. The lowest BCUT2D eigenvalue weighted by Gasteiger charge is -2.09. The summed E-state index contributed by atoms with van der Waals surface area (Å²) in [6, 6.07) is 9.01. The van der Waals surface area contributed by atoms with Crippen LogP contribution in [0.15, 0.2) is 47.0 Å². The van der Waals surface area contributed by atoms with Crippen LogP contribution in [0, 0.1) is 29.1 Å². The Bertz CT molecular complexity index is 1390. The molecule has 0 aliphatic rings. The predicted molar refractivity (Wildman–Crippen MR) is 115 cm³/mol. The summed E-state index contributed by atoms with van der Waals surface area (Å²) in [4.78, 5) is 12.4. The Morgan fingerprint density at radius 3 is 2.34 bits per heavy atom. The molecule has 35 heavy (non-hydrogen) atoms. The molecular weight excluding hydrogens is 520 g/mol. The highest BCUT2D eigenvalue weighted by atomic mass is 35.5. The molecule has 1 N–H and O–H groups in total. The molecule has 0 fully saturated rings. The highest BCUT2D eigenvalue weighted by Crippen LogP contribution is 2.30. The van der Waals surface area contributed by atoms with Crippen LogP contribution in [0.3, 0.4) is 0 Å². The first-order valence-electron chi connectivity index (χ1n) is 9.65. The standard InChI is InChI=1S/C22H12Cl2F5N3O3/c23-11-2-1-10(13(24)7-11)8-32-6-5-15(31-32)30-22(33)14-4-3-12(35-14)9-34-21-19(28)17(26)16(25)18(27)20(21)29/h1-7H,8-9H2,(H,30,31,33). The van der Waals surface area contributed by atoms with Crippen LogP contribution in [0.25, 0.3) is 0 Å². The summed E-state index contributed by atoms with van der Waals surface area (Å²) in [5.41, 5.74) is 0.751. The number of benzene rings is 2. The highest BCUT2D eigenvalue weighted by molar-refractivity contribution is 6.35. The third kappa shape index (κ3) is 5.25. The second kappa shape index (κ2) is 9.96. The number of amides is 1. The number of hydrogen-bond donors (Lipinski definition) is 1. The van der Waals surface area contributed by atoms with Crippen molar-refractivity contribution < 1.29 is 35.9 Å². The van der Waals surface area contributed by atoms with E-state index in [1.165, 1.54) is 22.9 Å². The maximum absolute atomic E-state index is 13.7. The largest absolute Gasteiger partial charge is 0.479 e. The van der Waals surface area contributed by atoms with Crippen LogP contribution in [-0.2, 0) is 13.2 Å². The van der Waals surface area contributed by atoms with Crippen molar-refractivity contribution >= 4 is 34.9 Å². The van der Waals surface area contributed by atoms with E-state index in [0.717, 1.165) is 5.56 Å². The van der Waals surface area contributed by atoms with Crippen LogP contribution in [0.4, 0.5) is 27.8 Å². The van der Waals surface area contributed by atoms with Gasteiger partial charge in [-0.15, -0.1) is 0 Å². The number of anilines is 1. The van der Waals surface area contributed by atoms with Crippen LogP contribution in [0.2, 0.25) is 10.0 Å². The topological polar surface area (TPSA) is 69.3 Å². The zero-order chi connectivity index (χ0) is 25.3. The van der Waals surface area contributed by atoms with Gasteiger partial charge in [-0.2, -0.15) is 13.9 Å². The Kier molecular flexibility index (Phi) is 6.99. The zero-order valence-electron chi connectivity index (χ0n) is 17.2. The molecule has 0 spiro atoms. The first-order chi connectivity index (χ1) is 16.6. The summed E-state index contributed by atoms with van der Waals surface area (Å²) < 4.78 is 78.5. The highest BCUT2D eigenvalue weighted by Gasteiger charge is 2.27. The lowest BCUT2D eigenvalue weighted by Crippen LogP contribution is -2.12. The Balaban J connectivity index is 1.39. The fraction of sp³-hybridized carbons (Fsp3) is 0.0909. The molecule has 2 heterocycles. The number of nitrogens with one attached hydrogen (secondary N) is 1. The lowest BCUT2D eigenvalue weighted by atomic mass is 10.2. The Labute approximate surface area is 203 Å². The van der Waals surface area contributed by atoms with Crippen molar-refractivity contribution in [2.24, 2.45) is 0 Å². The molecule has 0 bridgehead atoms. The molecule has 13 heteroatoms. The summed E-state index contributed by atoms with van der Waals surface area (Å²) in [6.45, 7) is -0.395. The van der Waals surface area contributed by atoms with Crippen LogP contribution >= 0.6 is 23.2 Å². The number of carbonyl (C=O) groups excluding carboxylic acids is 1. The molecule has 0 atom stereocenters. The number of furan rings is 1.